The van der Waals surface area contributed by atoms with Gasteiger partial charge in [0, 0.05) is 17.8 Å². The number of anilines is 2. The van der Waals surface area contributed by atoms with Gasteiger partial charge in [0.2, 0.25) is 5.91 Å². The van der Waals surface area contributed by atoms with E-state index in [4.69, 9.17) is 5.73 Å². The van der Waals surface area contributed by atoms with Crippen LogP contribution in [0.3, 0.4) is 0 Å². The molecule has 0 aliphatic heterocycles. The lowest BCUT2D eigenvalue weighted by Gasteiger charge is -2.30. The first-order valence-corrected chi connectivity index (χ1v) is 13.3. The van der Waals surface area contributed by atoms with E-state index in [1.807, 2.05) is 32.0 Å². The molecule has 2 aromatic rings. The maximum absolute atomic E-state index is 13.9. The van der Waals surface area contributed by atoms with Gasteiger partial charge in [0.15, 0.2) is 5.69 Å². The zero-order valence-corrected chi connectivity index (χ0v) is 21.5. The highest BCUT2D eigenvalue weighted by molar-refractivity contribution is 7.09. The van der Waals surface area contributed by atoms with E-state index in [1.165, 1.54) is 4.90 Å². The van der Waals surface area contributed by atoms with Gasteiger partial charge in [-0.3, -0.25) is 19.3 Å². The molecule has 2 aliphatic rings. The molecule has 188 valence electrons. The molecule has 0 saturated heterocycles. The number of hydrogen-bond donors (Lipinski definition) is 3. The third kappa shape index (κ3) is 5.50. The number of benzene rings is 1. The van der Waals surface area contributed by atoms with Crippen LogP contribution in [-0.4, -0.2) is 40.2 Å². The van der Waals surface area contributed by atoms with E-state index in [-0.39, 0.29) is 40.2 Å². The molecule has 4 N–H and O–H groups in total. The van der Waals surface area contributed by atoms with Crippen LogP contribution in [0.5, 0.6) is 0 Å². The van der Waals surface area contributed by atoms with E-state index in [1.54, 1.807) is 6.92 Å². The minimum absolute atomic E-state index is 0.0641. The van der Waals surface area contributed by atoms with Crippen molar-refractivity contribution in [1.82, 2.24) is 15.0 Å². The Labute approximate surface area is 210 Å². The summed E-state index contributed by atoms with van der Waals surface area (Å²) in [5.74, 6) is -0.980. The Balaban J connectivity index is 1.63. The van der Waals surface area contributed by atoms with Crippen molar-refractivity contribution in [2.24, 2.45) is 0 Å². The topological polar surface area (TPSA) is 117 Å². The number of nitrogens with two attached hydrogens (primary N) is 1. The molecule has 0 spiro atoms. The molecule has 35 heavy (non-hydrogen) atoms. The average molecular weight is 498 g/mol. The van der Waals surface area contributed by atoms with Crippen LogP contribution >= 0.6 is 11.5 Å². The molecule has 1 unspecified atom stereocenters. The fourth-order valence-corrected chi connectivity index (χ4v) is 5.77. The number of carbonyl (C=O) groups is 3. The van der Waals surface area contributed by atoms with E-state index < -0.39 is 11.9 Å². The van der Waals surface area contributed by atoms with Gasteiger partial charge >= 0.3 is 0 Å². The Bertz CT molecular complexity index is 1100. The molecule has 1 aromatic carbocycles. The number of hydrogen-bond acceptors (Lipinski definition) is 6. The molecule has 0 bridgehead atoms. The zero-order valence-electron chi connectivity index (χ0n) is 20.7. The molecule has 0 radical (unpaired) electrons. The first kappa shape index (κ1) is 25.2. The summed E-state index contributed by atoms with van der Waals surface area (Å²) in [6.45, 7) is 5.59. The molecule has 2 fully saturated rings. The SMILES string of the molecule is Cc1ccc(C)c(N(C(=O)c2snc(C(=O)NC3CCCC3)c2N)C(C)C(=O)NC2CCCC2)c1. The lowest BCUT2D eigenvalue weighted by molar-refractivity contribution is -0.122. The van der Waals surface area contributed by atoms with Gasteiger partial charge in [-0.15, -0.1) is 0 Å². The normalized spacial score (nSPS) is 17.3. The molecule has 1 atom stereocenters. The third-order valence-electron chi connectivity index (χ3n) is 7.14. The van der Waals surface area contributed by atoms with Crippen LogP contribution in [0.25, 0.3) is 0 Å². The fourth-order valence-electron chi connectivity index (χ4n) is 5.03. The first-order valence-electron chi connectivity index (χ1n) is 12.5. The van der Waals surface area contributed by atoms with E-state index in [9.17, 15) is 14.4 Å². The smallest absolute Gasteiger partial charge is 0.273 e. The predicted octanol–water partition coefficient (Wildman–Crippen LogP) is 4.11. The number of amides is 3. The number of aromatic nitrogens is 1. The van der Waals surface area contributed by atoms with E-state index in [0.717, 1.165) is 74.0 Å². The Morgan fingerprint density at radius 2 is 1.63 bits per heavy atom. The third-order valence-corrected chi connectivity index (χ3v) is 7.99. The highest BCUT2D eigenvalue weighted by Gasteiger charge is 2.34. The summed E-state index contributed by atoms with van der Waals surface area (Å²) >= 11 is 0.907. The Hall–Kier alpha value is -2.94. The van der Waals surface area contributed by atoms with Crippen molar-refractivity contribution in [1.29, 1.82) is 0 Å². The van der Waals surface area contributed by atoms with Crippen LogP contribution in [0.4, 0.5) is 11.4 Å². The largest absolute Gasteiger partial charge is 0.395 e. The molecule has 2 saturated carbocycles. The lowest BCUT2D eigenvalue weighted by atomic mass is 10.1. The van der Waals surface area contributed by atoms with Crippen LogP contribution in [0.15, 0.2) is 18.2 Å². The monoisotopic (exact) mass is 497 g/mol. The molecule has 1 aromatic heterocycles. The molecule has 8 nitrogen and oxygen atoms in total. The Morgan fingerprint density at radius 3 is 2.26 bits per heavy atom. The molecule has 9 heteroatoms. The molecular formula is C26H35N5O3S. The molecule has 2 aliphatic carbocycles. The highest BCUT2D eigenvalue weighted by atomic mass is 32.1. The second-order valence-electron chi connectivity index (χ2n) is 9.86. The standard InChI is InChI=1S/C26H35N5O3S/c1-15-12-13-16(2)20(14-15)31(17(3)24(32)28-18-8-4-5-9-18)26(34)23-21(27)22(30-35-23)25(33)29-19-10-6-7-11-19/h12-14,17-19H,4-11,27H2,1-3H3,(H,28,32)(H,29,33). The quantitative estimate of drug-likeness (QED) is 0.532. The molecule has 3 amide bonds. The Morgan fingerprint density at radius 1 is 1.03 bits per heavy atom. The van der Waals surface area contributed by atoms with Crippen molar-refractivity contribution in [3.63, 3.8) is 0 Å². The maximum Gasteiger partial charge on any atom is 0.273 e. The van der Waals surface area contributed by atoms with Crippen LogP contribution in [0.2, 0.25) is 0 Å². The van der Waals surface area contributed by atoms with E-state index in [2.05, 4.69) is 15.0 Å². The minimum Gasteiger partial charge on any atom is -0.395 e. The summed E-state index contributed by atoms with van der Waals surface area (Å²) in [6.07, 6.45) is 8.17. The number of rotatable bonds is 7. The van der Waals surface area contributed by atoms with Crippen molar-refractivity contribution in [2.45, 2.75) is 90.3 Å². The van der Waals surface area contributed by atoms with Gasteiger partial charge in [-0.05, 0) is 75.2 Å². The van der Waals surface area contributed by atoms with Gasteiger partial charge in [-0.1, -0.05) is 37.8 Å². The fraction of sp³-hybridized carbons (Fsp3) is 0.538. The summed E-state index contributed by atoms with van der Waals surface area (Å²) in [5.41, 5.74) is 8.94. The van der Waals surface area contributed by atoms with E-state index in [0.29, 0.717) is 5.69 Å². The van der Waals surface area contributed by atoms with Crippen molar-refractivity contribution in [3.05, 3.63) is 39.9 Å². The number of nitrogen functional groups attached to an aromatic ring is 1. The summed E-state index contributed by atoms with van der Waals surface area (Å²) in [7, 11) is 0. The number of aryl methyl sites for hydroxylation is 2. The second-order valence-corrected chi connectivity index (χ2v) is 10.6. The van der Waals surface area contributed by atoms with Crippen LogP contribution in [-0.2, 0) is 4.79 Å². The van der Waals surface area contributed by atoms with E-state index >= 15 is 0 Å². The summed E-state index contributed by atoms with van der Waals surface area (Å²) in [6, 6.07) is 5.30. The van der Waals surface area contributed by atoms with Gasteiger partial charge < -0.3 is 16.4 Å². The first-order chi connectivity index (χ1) is 16.8. The predicted molar refractivity (Wildman–Crippen MR) is 139 cm³/mol. The van der Waals surface area contributed by atoms with Crippen LogP contribution in [0, 0.1) is 13.8 Å². The second kappa shape index (κ2) is 10.8. The van der Waals surface area contributed by atoms with Crippen molar-refractivity contribution < 1.29 is 14.4 Å². The summed E-state index contributed by atoms with van der Waals surface area (Å²) < 4.78 is 4.24. The minimum atomic E-state index is -0.763. The lowest BCUT2D eigenvalue weighted by Crippen LogP contribution is -2.50. The van der Waals surface area contributed by atoms with Crippen molar-refractivity contribution in [2.75, 3.05) is 10.6 Å². The van der Waals surface area contributed by atoms with Gasteiger partial charge in [0.1, 0.15) is 10.9 Å². The van der Waals surface area contributed by atoms with Gasteiger partial charge in [0.25, 0.3) is 11.8 Å². The molecule has 1 heterocycles. The van der Waals surface area contributed by atoms with Gasteiger partial charge in [0.05, 0.1) is 5.69 Å². The van der Waals surface area contributed by atoms with Gasteiger partial charge in [-0.25, -0.2) is 0 Å². The molecule has 4 rings (SSSR count). The maximum atomic E-state index is 13.9. The summed E-state index contributed by atoms with van der Waals surface area (Å²) in [5, 5.41) is 6.09. The Kier molecular flexibility index (Phi) is 7.74. The molecular weight excluding hydrogens is 462 g/mol. The van der Waals surface area contributed by atoms with Crippen molar-refractivity contribution in [3.8, 4) is 0 Å². The van der Waals surface area contributed by atoms with Crippen molar-refractivity contribution >= 4 is 40.6 Å². The van der Waals surface area contributed by atoms with Crippen LogP contribution in [0.1, 0.15) is 89.6 Å². The highest BCUT2D eigenvalue weighted by Crippen LogP contribution is 2.31. The van der Waals surface area contributed by atoms with Gasteiger partial charge in [-0.2, -0.15) is 4.37 Å². The zero-order chi connectivity index (χ0) is 25.1. The average Bonchev–Trinajstić information content (AvgIpc) is 3.59. The number of nitrogens with one attached hydrogen (secondary N) is 2. The number of nitrogens with zero attached hydrogens (tertiary/aromatic N) is 2. The number of carbonyl (C=O) groups excluding carboxylic acids is 3. The van der Waals surface area contributed by atoms with Crippen LogP contribution < -0.4 is 21.3 Å². The summed E-state index contributed by atoms with van der Waals surface area (Å²) in [4.78, 5) is 41.6.